The van der Waals surface area contributed by atoms with E-state index in [0.717, 1.165) is 36.8 Å². The van der Waals surface area contributed by atoms with Crippen LogP contribution in [0.15, 0.2) is 22.9 Å². The van der Waals surface area contributed by atoms with Gasteiger partial charge in [-0.3, -0.25) is 10.2 Å². The molecule has 6 nitrogen and oxygen atoms in total. The number of amides is 1. The summed E-state index contributed by atoms with van der Waals surface area (Å²) in [6, 6.07) is 3.86. The first-order chi connectivity index (χ1) is 9.29. The van der Waals surface area contributed by atoms with Crippen LogP contribution in [0.1, 0.15) is 37.3 Å². The molecule has 0 aliphatic heterocycles. The van der Waals surface area contributed by atoms with Crippen molar-refractivity contribution in [3.63, 3.8) is 0 Å². The summed E-state index contributed by atoms with van der Waals surface area (Å²) in [6.45, 7) is 0. The van der Waals surface area contributed by atoms with Crippen molar-refractivity contribution in [3.8, 4) is 0 Å². The van der Waals surface area contributed by atoms with Crippen molar-refractivity contribution in [3.05, 3.63) is 24.0 Å². The van der Waals surface area contributed by atoms with E-state index in [4.69, 9.17) is 10.4 Å². The van der Waals surface area contributed by atoms with Crippen molar-refractivity contribution < 1.29 is 9.32 Å². The number of carbonyl (C=O) groups excluding carboxylic acids is 1. The number of pyridine rings is 1. The smallest absolute Gasteiger partial charge is 0.257 e. The number of aromatic nitrogens is 2. The van der Waals surface area contributed by atoms with Crippen LogP contribution in [0.5, 0.6) is 0 Å². The summed E-state index contributed by atoms with van der Waals surface area (Å²) in [4.78, 5) is 15.6. The summed E-state index contributed by atoms with van der Waals surface area (Å²) in [5.74, 6) is 5.47. The van der Waals surface area contributed by atoms with E-state index < -0.39 is 0 Å². The van der Waals surface area contributed by atoms with Crippen molar-refractivity contribution >= 4 is 17.0 Å². The molecule has 2 aromatic rings. The molecule has 1 aliphatic rings. The van der Waals surface area contributed by atoms with Crippen LogP contribution in [0, 0.1) is 5.92 Å². The van der Waals surface area contributed by atoms with Gasteiger partial charge in [0.05, 0.1) is 11.1 Å². The Labute approximate surface area is 110 Å². The number of fused-ring (bicyclic) bond motifs is 1. The van der Waals surface area contributed by atoms with E-state index in [1.54, 1.807) is 6.20 Å². The zero-order valence-corrected chi connectivity index (χ0v) is 10.5. The van der Waals surface area contributed by atoms with Gasteiger partial charge in [-0.15, -0.1) is 0 Å². The Bertz CT molecular complexity index is 587. The maximum Gasteiger partial charge on any atom is 0.257 e. The fourth-order valence-corrected chi connectivity index (χ4v) is 2.84. The minimum atomic E-state index is -0.0647. The molecule has 0 unspecified atom stereocenters. The first-order valence-corrected chi connectivity index (χ1v) is 6.50. The van der Waals surface area contributed by atoms with Crippen LogP contribution in [-0.2, 0) is 4.79 Å². The normalized spacial score (nSPS) is 23.4. The number of carbonyl (C=O) groups is 1. The van der Waals surface area contributed by atoms with E-state index in [-0.39, 0.29) is 11.8 Å². The summed E-state index contributed by atoms with van der Waals surface area (Å²) in [6.07, 6.45) is 5.22. The molecular formula is C13H16N4O2. The lowest BCUT2D eigenvalue weighted by atomic mass is 9.79. The lowest BCUT2D eigenvalue weighted by Crippen LogP contribution is -2.37. The van der Waals surface area contributed by atoms with Crippen molar-refractivity contribution in [1.82, 2.24) is 15.6 Å². The molecule has 1 fully saturated rings. The first kappa shape index (κ1) is 12.1. The van der Waals surface area contributed by atoms with E-state index in [1.807, 2.05) is 12.1 Å². The van der Waals surface area contributed by atoms with Crippen molar-refractivity contribution in [1.29, 1.82) is 0 Å². The number of hydrazine groups is 1. The van der Waals surface area contributed by atoms with Crippen LogP contribution in [0.2, 0.25) is 0 Å². The predicted octanol–water partition coefficient (Wildman–Crippen LogP) is 1.49. The van der Waals surface area contributed by atoms with E-state index >= 15 is 0 Å². The van der Waals surface area contributed by atoms with Gasteiger partial charge in [-0.05, 0) is 37.8 Å². The quantitative estimate of drug-likeness (QED) is 0.484. The molecular weight excluding hydrogens is 244 g/mol. The Morgan fingerprint density at radius 2 is 2.16 bits per heavy atom. The fourth-order valence-electron chi connectivity index (χ4n) is 2.84. The van der Waals surface area contributed by atoms with Crippen LogP contribution in [0.4, 0.5) is 0 Å². The molecule has 2 aromatic heterocycles. The zero-order valence-electron chi connectivity index (χ0n) is 10.5. The highest BCUT2D eigenvalue weighted by Gasteiger charge is 2.29. The second-order valence-electron chi connectivity index (χ2n) is 4.98. The zero-order chi connectivity index (χ0) is 13.2. The Morgan fingerprint density at radius 3 is 2.89 bits per heavy atom. The average Bonchev–Trinajstić information content (AvgIpc) is 2.90. The van der Waals surface area contributed by atoms with Gasteiger partial charge in [0.25, 0.3) is 5.71 Å². The summed E-state index contributed by atoms with van der Waals surface area (Å²) >= 11 is 0. The molecule has 6 heteroatoms. The molecule has 3 rings (SSSR count). The van der Waals surface area contributed by atoms with E-state index in [1.165, 1.54) is 0 Å². The van der Waals surface area contributed by atoms with Gasteiger partial charge in [-0.25, -0.2) is 10.8 Å². The molecule has 1 amide bonds. The highest BCUT2D eigenvalue weighted by atomic mass is 16.5. The van der Waals surface area contributed by atoms with Crippen LogP contribution in [0.3, 0.4) is 0 Å². The van der Waals surface area contributed by atoms with Crippen LogP contribution >= 0.6 is 0 Å². The Kier molecular flexibility index (Phi) is 3.16. The maximum absolute atomic E-state index is 11.5. The van der Waals surface area contributed by atoms with Gasteiger partial charge in [0, 0.05) is 18.0 Å². The first-order valence-electron chi connectivity index (χ1n) is 6.50. The number of nitrogens with one attached hydrogen (secondary N) is 1. The Hall–Kier alpha value is -1.95. The number of hydrogen-bond donors (Lipinski definition) is 2. The fraction of sp³-hybridized carbons (Fsp3) is 0.462. The minimum Gasteiger partial charge on any atom is -0.336 e. The van der Waals surface area contributed by atoms with Crippen LogP contribution < -0.4 is 11.3 Å². The molecule has 2 heterocycles. The summed E-state index contributed by atoms with van der Waals surface area (Å²) in [7, 11) is 0. The Balaban J connectivity index is 1.77. The minimum absolute atomic E-state index is 0.0255. The summed E-state index contributed by atoms with van der Waals surface area (Å²) < 4.78 is 5.24. The maximum atomic E-state index is 11.5. The molecule has 0 bridgehead atoms. The van der Waals surface area contributed by atoms with Crippen molar-refractivity contribution in [2.45, 2.75) is 31.6 Å². The lowest BCUT2D eigenvalue weighted by Gasteiger charge is -2.25. The largest absolute Gasteiger partial charge is 0.336 e. The number of nitrogens with zero attached hydrogens (tertiary/aromatic N) is 2. The van der Waals surface area contributed by atoms with Gasteiger partial charge in [-0.1, -0.05) is 5.16 Å². The van der Waals surface area contributed by atoms with Crippen LogP contribution in [0.25, 0.3) is 11.1 Å². The molecule has 0 atom stereocenters. The molecule has 100 valence electrons. The van der Waals surface area contributed by atoms with Gasteiger partial charge >= 0.3 is 0 Å². The summed E-state index contributed by atoms with van der Waals surface area (Å²) in [5.41, 5.74) is 3.78. The SMILES string of the molecule is NNC(=O)[C@H]1CC[C@H](c2noc3ncccc32)CC1. The number of nitrogens with two attached hydrogens (primary N) is 1. The average molecular weight is 260 g/mol. The molecule has 1 saturated carbocycles. The molecule has 0 saturated heterocycles. The van der Waals surface area contributed by atoms with Gasteiger partial charge in [0.1, 0.15) is 0 Å². The van der Waals surface area contributed by atoms with Gasteiger partial charge in [-0.2, -0.15) is 0 Å². The van der Waals surface area contributed by atoms with E-state index in [2.05, 4.69) is 15.6 Å². The third-order valence-corrected chi connectivity index (χ3v) is 3.90. The second kappa shape index (κ2) is 4.97. The van der Waals surface area contributed by atoms with E-state index in [9.17, 15) is 4.79 Å². The predicted molar refractivity (Wildman–Crippen MR) is 68.8 cm³/mol. The molecule has 0 radical (unpaired) electrons. The van der Waals surface area contributed by atoms with Crippen molar-refractivity contribution in [2.24, 2.45) is 11.8 Å². The standard InChI is InChI=1S/C13H16N4O2/c14-16-12(18)9-5-3-8(4-6-9)11-10-2-1-7-15-13(10)19-17-11/h1-2,7-9H,3-6,14H2,(H,16,18)/t8-,9-. The molecule has 1 aliphatic carbocycles. The van der Waals surface area contributed by atoms with Crippen LogP contribution in [-0.4, -0.2) is 16.0 Å². The monoisotopic (exact) mass is 260 g/mol. The lowest BCUT2D eigenvalue weighted by molar-refractivity contribution is -0.126. The topological polar surface area (TPSA) is 94.0 Å². The molecule has 3 N–H and O–H groups in total. The highest BCUT2D eigenvalue weighted by molar-refractivity contribution is 5.78. The number of hydrogen-bond acceptors (Lipinski definition) is 5. The third-order valence-electron chi connectivity index (χ3n) is 3.90. The van der Waals surface area contributed by atoms with Gasteiger partial charge in [0.15, 0.2) is 0 Å². The Morgan fingerprint density at radius 1 is 1.37 bits per heavy atom. The molecule has 19 heavy (non-hydrogen) atoms. The molecule has 0 aromatic carbocycles. The second-order valence-corrected chi connectivity index (χ2v) is 4.98. The van der Waals surface area contributed by atoms with Gasteiger partial charge in [0.2, 0.25) is 5.91 Å². The molecule has 0 spiro atoms. The van der Waals surface area contributed by atoms with E-state index in [0.29, 0.717) is 11.6 Å². The highest BCUT2D eigenvalue weighted by Crippen LogP contribution is 2.37. The number of rotatable bonds is 2. The van der Waals surface area contributed by atoms with Crippen molar-refractivity contribution in [2.75, 3.05) is 0 Å². The third kappa shape index (κ3) is 2.19. The van der Waals surface area contributed by atoms with Gasteiger partial charge < -0.3 is 4.52 Å². The summed E-state index contributed by atoms with van der Waals surface area (Å²) in [5, 5.41) is 5.13.